The predicted molar refractivity (Wildman–Crippen MR) is 58.4 cm³/mol. The minimum Gasteiger partial charge on any atom is -0.324 e. The largest absolute Gasteiger partial charge is 0.324 e. The summed E-state index contributed by atoms with van der Waals surface area (Å²) in [6.07, 6.45) is 0. The molecular formula is C11H14FNOS. The standard InChI is InChI=1S/C11H14FNOS/c1-6-7(2)15(14)10-4-3-8(12)5-9(10)11(6)13/h3-7,11H,13H2,1-2H3. The highest BCUT2D eigenvalue weighted by Crippen LogP contribution is 2.36. The van der Waals surface area contributed by atoms with Crippen molar-refractivity contribution in [3.63, 3.8) is 0 Å². The van der Waals surface area contributed by atoms with Gasteiger partial charge in [-0.2, -0.15) is 0 Å². The average Bonchev–Trinajstić information content (AvgIpc) is 2.23. The Morgan fingerprint density at radius 3 is 2.73 bits per heavy atom. The van der Waals surface area contributed by atoms with Crippen molar-refractivity contribution in [1.29, 1.82) is 0 Å². The molecule has 0 aromatic heterocycles. The Morgan fingerprint density at radius 1 is 1.40 bits per heavy atom. The summed E-state index contributed by atoms with van der Waals surface area (Å²) in [7, 11) is -1.07. The van der Waals surface area contributed by atoms with E-state index in [1.54, 1.807) is 6.07 Å². The van der Waals surface area contributed by atoms with E-state index in [4.69, 9.17) is 5.73 Å². The Labute approximate surface area is 91.1 Å². The quantitative estimate of drug-likeness (QED) is 0.736. The zero-order valence-corrected chi connectivity index (χ0v) is 9.55. The van der Waals surface area contributed by atoms with Gasteiger partial charge in [0.05, 0.1) is 10.8 Å². The maximum absolute atomic E-state index is 13.1. The maximum Gasteiger partial charge on any atom is 0.123 e. The first-order valence-electron chi connectivity index (χ1n) is 4.98. The summed E-state index contributed by atoms with van der Waals surface area (Å²) in [4.78, 5) is 0.689. The van der Waals surface area contributed by atoms with E-state index in [1.807, 2.05) is 13.8 Å². The van der Waals surface area contributed by atoms with Crippen LogP contribution in [-0.4, -0.2) is 9.46 Å². The average molecular weight is 227 g/mol. The molecule has 2 nitrogen and oxygen atoms in total. The lowest BCUT2D eigenvalue weighted by atomic mass is 9.92. The molecule has 1 aromatic carbocycles. The Kier molecular flexibility index (Phi) is 2.64. The van der Waals surface area contributed by atoms with Gasteiger partial charge < -0.3 is 5.73 Å². The molecule has 0 bridgehead atoms. The SMILES string of the molecule is CC1C(N)c2cc(F)ccc2S(=O)C1C. The number of hydrogen-bond donors (Lipinski definition) is 1. The first-order valence-corrected chi connectivity index (χ1v) is 6.19. The van der Waals surface area contributed by atoms with Crippen LogP contribution in [0.4, 0.5) is 4.39 Å². The van der Waals surface area contributed by atoms with E-state index in [2.05, 4.69) is 0 Å². The smallest absolute Gasteiger partial charge is 0.123 e. The molecule has 0 fully saturated rings. The Bertz CT molecular complexity index is 421. The summed E-state index contributed by atoms with van der Waals surface area (Å²) < 4.78 is 25.1. The van der Waals surface area contributed by atoms with Gasteiger partial charge in [-0.25, -0.2) is 4.39 Å². The molecule has 0 aliphatic carbocycles. The molecule has 4 atom stereocenters. The zero-order chi connectivity index (χ0) is 11.2. The minimum atomic E-state index is -1.07. The van der Waals surface area contributed by atoms with Gasteiger partial charge in [-0.1, -0.05) is 13.8 Å². The molecule has 1 heterocycles. The third-order valence-corrected chi connectivity index (χ3v) is 5.10. The summed E-state index contributed by atoms with van der Waals surface area (Å²) in [6.45, 7) is 3.88. The molecule has 1 aliphatic heterocycles. The van der Waals surface area contributed by atoms with Gasteiger partial charge in [0.15, 0.2) is 0 Å². The lowest BCUT2D eigenvalue weighted by Gasteiger charge is -2.32. The molecule has 15 heavy (non-hydrogen) atoms. The van der Waals surface area contributed by atoms with Crippen molar-refractivity contribution in [2.45, 2.75) is 30.0 Å². The molecular weight excluding hydrogens is 213 g/mol. The second kappa shape index (κ2) is 3.68. The van der Waals surface area contributed by atoms with Crippen molar-refractivity contribution >= 4 is 10.8 Å². The third-order valence-electron chi connectivity index (χ3n) is 3.19. The number of benzene rings is 1. The van der Waals surface area contributed by atoms with Crippen molar-refractivity contribution in [2.75, 3.05) is 0 Å². The fourth-order valence-electron chi connectivity index (χ4n) is 1.93. The lowest BCUT2D eigenvalue weighted by molar-refractivity contribution is 0.439. The normalized spacial score (nSPS) is 34.9. The predicted octanol–water partition coefficient (Wildman–Crippen LogP) is 1.97. The Balaban J connectivity index is 2.59. The zero-order valence-electron chi connectivity index (χ0n) is 8.74. The summed E-state index contributed by atoms with van der Waals surface area (Å²) in [5.74, 6) is -0.205. The van der Waals surface area contributed by atoms with Crippen molar-refractivity contribution in [1.82, 2.24) is 0 Å². The first-order chi connectivity index (χ1) is 7.02. The van der Waals surface area contributed by atoms with Crippen LogP contribution in [0.1, 0.15) is 25.5 Å². The van der Waals surface area contributed by atoms with Gasteiger partial charge in [0.25, 0.3) is 0 Å². The number of rotatable bonds is 0. The molecule has 0 saturated carbocycles. The van der Waals surface area contributed by atoms with E-state index in [0.29, 0.717) is 10.5 Å². The molecule has 0 spiro atoms. The molecule has 4 heteroatoms. The molecule has 0 amide bonds. The molecule has 82 valence electrons. The maximum atomic E-state index is 13.1. The van der Waals surface area contributed by atoms with Gasteiger partial charge in [-0.3, -0.25) is 4.21 Å². The van der Waals surface area contributed by atoms with E-state index < -0.39 is 10.8 Å². The lowest BCUT2D eigenvalue weighted by Crippen LogP contribution is -2.36. The van der Waals surface area contributed by atoms with Gasteiger partial charge >= 0.3 is 0 Å². The van der Waals surface area contributed by atoms with Crippen LogP contribution in [0.5, 0.6) is 0 Å². The van der Waals surface area contributed by atoms with Gasteiger partial charge in [-0.05, 0) is 29.7 Å². The van der Waals surface area contributed by atoms with Crippen LogP contribution in [0.15, 0.2) is 23.1 Å². The molecule has 2 N–H and O–H groups in total. The third kappa shape index (κ3) is 1.62. The van der Waals surface area contributed by atoms with Crippen LogP contribution in [0, 0.1) is 11.7 Å². The molecule has 4 unspecified atom stereocenters. The Hall–Kier alpha value is -0.740. The fraction of sp³-hybridized carbons (Fsp3) is 0.455. The van der Waals surface area contributed by atoms with Gasteiger partial charge in [-0.15, -0.1) is 0 Å². The monoisotopic (exact) mass is 227 g/mol. The second-order valence-corrected chi connectivity index (χ2v) is 5.85. The molecule has 2 rings (SSSR count). The molecule has 0 radical (unpaired) electrons. The number of nitrogens with two attached hydrogens (primary N) is 1. The van der Waals surface area contributed by atoms with E-state index in [9.17, 15) is 8.60 Å². The van der Waals surface area contributed by atoms with E-state index >= 15 is 0 Å². The number of halogens is 1. The van der Waals surface area contributed by atoms with E-state index in [1.165, 1.54) is 12.1 Å². The van der Waals surface area contributed by atoms with Crippen LogP contribution in [0.3, 0.4) is 0 Å². The van der Waals surface area contributed by atoms with E-state index in [0.717, 1.165) is 0 Å². The van der Waals surface area contributed by atoms with Crippen molar-refractivity contribution in [3.8, 4) is 0 Å². The number of fused-ring (bicyclic) bond motifs is 1. The summed E-state index contributed by atoms with van der Waals surface area (Å²) >= 11 is 0. The fourth-order valence-corrected chi connectivity index (χ4v) is 3.52. The van der Waals surface area contributed by atoms with Crippen LogP contribution >= 0.6 is 0 Å². The molecule has 1 aromatic rings. The van der Waals surface area contributed by atoms with Crippen molar-refractivity contribution in [2.24, 2.45) is 11.7 Å². The van der Waals surface area contributed by atoms with Crippen LogP contribution in [-0.2, 0) is 10.8 Å². The van der Waals surface area contributed by atoms with Crippen molar-refractivity contribution < 1.29 is 8.60 Å². The van der Waals surface area contributed by atoms with Gasteiger partial charge in [0.1, 0.15) is 5.82 Å². The highest BCUT2D eigenvalue weighted by Gasteiger charge is 2.34. The molecule has 1 aliphatic rings. The number of hydrogen-bond acceptors (Lipinski definition) is 2. The highest BCUT2D eigenvalue weighted by atomic mass is 32.2. The first kappa shape index (κ1) is 10.8. The van der Waals surface area contributed by atoms with Gasteiger partial charge in [0, 0.05) is 16.2 Å². The van der Waals surface area contributed by atoms with Crippen LogP contribution in [0.25, 0.3) is 0 Å². The highest BCUT2D eigenvalue weighted by molar-refractivity contribution is 7.85. The summed E-state index contributed by atoms with van der Waals surface area (Å²) in [5, 5.41) is 0.0259. The topological polar surface area (TPSA) is 43.1 Å². The summed E-state index contributed by atoms with van der Waals surface area (Å²) in [5.41, 5.74) is 6.70. The second-order valence-electron chi connectivity index (χ2n) is 4.07. The summed E-state index contributed by atoms with van der Waals surface area (Å²) in [6, 6.07) is 4.11. The van der Waals surface area contributed by atoms with Crippen LogP contribution < -0.4 is 5.73 Å². The van der Waals surface area contributed by atoms with Gasteiger partial charge in [0.2, 0.25) is 0 Å². The molecule has 0 saturated heterocycles. The van der Waals surface area contributed by atoms with Crippen molar-refractivity contribution in [3.05, 3.63) is 29.6 Å². The minimum absolute atomic E-state index is 0.0259. The Morgan fingerprint density at radius 2 is 2.07 bits per heavy atom. The van der Waals surface area contributed by atoms with E-state index in [-0.39, 0.29) is 23.0 Å². The van der Waals surface area contributed by atoms with Crippen LogP contribution in [0.2, 0.25) is 0 Å².